The van der Waals surface area contributed by atoms with E-state index in [-0.39, 0.29) is 5.91 Å². The van der Waals surface area contributed by atoms with Crippen molar-refractivity contribution >= 4 is 43.0 Å². The summed E-state index contributed by atoms with van der Waals surface area (Å²) in [6, 6.07) is 0.674. The van der Waals surface area contributed by atoms with Crippen LogP contribution in [0.15, 0.2) is 0 Å². The van der Waals surface area contributed by atoms with Crippen molar-refractivity contribution in [1.82, 2.24) is 4.90 Å². The van der Waals surface area contributed by atoms with Gasteiger partial charge in [-0.05, 0) is 6.42 Å². The lowest BCUT2D eigenvalue weighted by molar-refractivity contribution is -0.124. The molecule has 0 radical (unpaired) electrons. The molecular weight excluding hydrogens is 278 g/mol. The number of rotatable bonds is 7. The summed E-state index contributed by atoms with van der Waals surface area (Å²) in [5.74, 6) is 0.541. The molecule has 1 heterocycles. The summed E-state index contributed by atoms with van der Waals surface area (Å²) in [5, 5.41) is 0. The minimum absolute atomic E-state index is 0.0829. The predicted octanol–water partition coefficient (Wildman–Crippen LogP) is 1.11. The average molecular weight is 295 g/mol. The lowest BCUT2D eigenvalue weighted by Crippen LogP contribution is -2.43. The van der Waals surface area contributed by atoms with Gasteiger partial charge in [-0.25, -0.2) is 0 Å². The molecule has 0 atom stereocenters. The van der Waals surface area contributed by atoms with Crippen LogP contribution in [0, 0.1) is 0 Å². The summed E-state index contributed by atoms with van der Waals surface area (Å²) in [6.07, 6.45) is 0.758. The van der Waals surface area contributed by atoms with E-state index in [2.05, 4.69) is 0 Å². The highest BCUT2D eigenvalue weighted by Crippen LogP contribution is 2.21. The van der Waals surface area contributed by atoms with Gasteiger partial charge >= 0.3 is 8.80 Å². The quantitative estimate of drug-likeness (QED) is 0.518. The molecule has 8 heteroatoms. The molecule has 1 saturated heterocycles. The third kappa shape index (κ3) is 3.73. The molecule has 0 saturated carbocycles. The van der Waals surface area contributed by atoms with Crippen molar-refractivity contribution in [3.63, 3.8) is 0 Å². The van der Waals surface area contributed by atoms with Crippen molar-refractivity contribution in [2.24, 2.45) is 0 Å². The third-order valence-corrected chi connectivity index (χ3v) is 6.90. The van der Waals surface area contributed by atoms with Crippen LogP contribution < -0.4 is 0 Å². The number of thioether (sulfide) groups is 1. The summed E-state index contributed by atoms with van der Waals surface area (Å²) in [7, 11) is 2.23. The monoisotopic (exact) mass is 295 g/mol. The van der Waals surface area contributed by atoms with Crippen LogP contribution >= 0.6 is 24.0 Å². The second kappa shape index (κ2) is 6.81. The fourth-order valence-electron chi connectivity index (χ4n) is 1.61. The lowest BCUT2D eigenvalue weighted by Gasteiger charge is -2.25. The van der Waals surface area contributed by atoms with Crippen LogP contribution in [0.3, 0.4) is 0 Å². The molecule has 5 nitrogen and oxygen atoms in total. The predicted molar refractivity (Wildman–Crippen MR) is 73.0 cm³/mol. The molecule has 1 aliphatic rings. The summed E-state index contributed by atoms with van der Waals surface area (Å²) in [5.41, 5.74) is 0. The molecule has 0 N–H and O–H groups in total. The molecule has 0 unspecified atom stereocenters. The summed E-state index contributed by atoms with van der Waals surface area (Å²) in [6.45, 7) is 0.607. The lowest BCUT2D eigenvalue weighted by atomic mass is 10.4. The molecule has 1 aliphatic heterocycles. The molecule has 0 spiro atoms. The highest BCUT2D eigenvalue weighted by molar-refractivity contribution is 8.23. The Kier molecular flexibility index (Phi) is 6.04. The molecule has 1 amide bonds. The minimum Gasteiger partial charge on any atom is -0.377 e. The Balaban J connectivity index is 2.41. The van der Waals surface area contributed by atoms with Gasteiger partial charge in [-0.2, -0.15) is 0 Å². The topological polar surface area (TPSA) is 48.0 Å². The van der Waals surface area contributed by atoms with Gasteiger partial charge in [0.1, 0.15) is 4.32 Å². The van der Waals surface area contributed by atoms with Crippen molar-refractivity contribution < 1.29 is 18.1 Å². The van der Waals surface area contributed by atoms with Crippen molar-refractivity contribution in [1.29, 1.82) is 0 Å². The third-order valence-electron chi connectivity index (χ3n) is 2.64. The van der Waals surface area contributed by atoms with Crippen molar-refractivity contribution in [2.45, 2.75) is 12.5 Å². The van der Waals surface area contributed by atoms with Crippen LogP contribution in [0.5, 0.6) is 0 Å². The number of hydrogen-bond donors (Lipinski definition) is 0. The molecule has 1 fully saturated rings. The number of amides is 1. The number of nitrogens with zero attached hydrogens (tertiary/aromatic N) is 1. The number of carbonyl (C=O) groups excluding carboxylic acids is 1. The van der Waals surface area contributed by atoms with Gasteiger partial charge in [0, 0.05) is 33.9 Å². The van der Waals surface area contributed by atoms with Crippen molar-refractivity contribution in [2.75, 3.05) is 33.6 Å². The van der Waals surface area contributed by atoms with Gasteiger partial charge in [0.05, 0.1) is 5.75 Å². The van der Waals surface area contributed by atoms with Crippen LogP contribution in [0.1, 0.15) is 6.42 Å². The van der Waals surface area contributed by atoms with Crippen molar-refractivity contribution in [3.05, 3.63) is 0 Å². The smallest absolute Gasteiger partial charge is 0.377 e. The number of thiocarbonyl (C=S) groups is 1. The van der Waals surface area contributed by atoms with Crippen LogP contribution in [0.2, 0.25) is 6.04 Å². The standard InChI is InChI=1S/C9H17NO4S2Si/c1-12-17(13-2,14-3)6-4-5-10-8(11)7-16-9(10)15/h4-7H2,1-3H3. The van der Waals surface area contributed by atoms with E-state index < -0.39 is 8.80 Å². The van der Waals surface area contributed by atoms with E-state index in [0.29, 0.717) is 22.7 Å². The maximum absolute atomic E-state index is 11.5. The van der Waals surface area contributed by atoms with E-state index >= 15 is 0 Å². The molecule has 0 aromatic heterocycles. The van der Waals surface area contributed by atoms with Gasteiger partial charge in [-0.3, -0.25) is 9.69 Å². The molecule has 98 valence electrons. The van der Waals surface area contributed by atoms with Crippen LogP contribution in [-0.2, 0) is 18.1 Å². The van der Waals surface area contributed by atoms with E-state index in [1.54, 1.807) is 26.2 Å². The molecule has 17 heavy (non-hydrogen) atoms. The highest BCUT2D eigenvalue weighted by Gasteiger charge is 2.37. The van der Waals surface area contributed by atoms with Gasteiger partial charge in [-0.15, -0.1) is 0 Å². The first kappa shape index (κ1) is 15.1. The molecule has 0 aliphatic carbocycles. The van der Waals surface area contributed by atoms with Gasteiger partial charge in [0.15, 0.2) is 0 Å². The Morgan fingerprint density at radius 3 is 2.35 bits per heavy atom. The SMILES string of the molecule is CO[Si](CCCN1C(=O)CSC1=S)(OC)OC. The Labute approximate surface area is 112 Å². The zero-order valence-electron chi connectivity index (χ0n) is 10.2. The number of hydrogen-bond acceptors (Lipinski definition) is 6. The second-order valence-corrected chi connectivity index (χ2v) is 8.20. The Bertz CT molecular complexity index is 274. The van der Waals surface area contributed by atoms with Crippen LogP contribution in [0.4, 0.5) is 0 Å². The zero-order valence-corrected chi connectivity index (χ0v) is 12.9. The Morgan fingerprint density at radius 2 is 1.94 bits per heavy atom. The first-order chi connectivity index (χ1) is 8.08. The first-order valence-corrected chi connectivity index (χ1v) is 8.53. The summed E-state index contributed by atoms with van der Waals surface area (Å²) in [4.78, 5) is 13.1. The van der Waals surface area contributed by atoms with Crippen molar-refractivity contribution in [3.8, 4) is 0 Å². The molecule has 0 bridgehead atoms. The number of carbonyl (C=O) groups is 1. The van der Waals surface area contributed by atoms with Gasteiger partial charge in [0.2, 0.25) is 5.91 Å². The van der Waals surface area contributed by atoms with E-state index in [9.17, 15) is 4.79 Å². The molecule has 0 aromatic carbocycles. The first-order valence-electron chi connectivity index (χ1n) is 5.21. The Hall–Kier alpha value is 0.00688. The largest absolute Gasteiger partial charge is 0.500 e. The average Bonchev–Trinajstić information content (AvgIpc) is 2.66. The maximum Gasteiger partial charge on any atom is 0.500 e. The maximum atomic E-state index is 11.5. The van der Waals surface area contributed by atoms with Crippen LogP contribution in [0.25, 0.3) is 0 Å². The van der Waals surface area contributed by atoms with Gasteiger partial charge in [-0.1, -0.05) is 24.0 Å². The molecular formula is C9H17NO4S2Si. The molecule has 0 aromatic rings. The normalized spacial score (nSPS) is 17.0. The van der Waals surface area contributed by atoms with Gasteiger partial charge < -0.3 is 13.3 Å². The van der Waals surface area contributed by atoms with E-state index in [1.807, 2.05) is 0 Å². The summed E-state index contributed by atoms with van der Waals surface area (Å²) >= 11 is 6.51. The second-order valence-electron chi connectivity index (χ2n) is 3.50. The van der Waals surface area contributed by atoms with E-state index in [0.717, 1.165) is 6.42 Å². The zero-order chi connectivity index (χ0) is 12.9. The molecule has 1 rings (SSSR count). The van der Waals surface area contributed by atoms with Gasteiger partial charge in [0.25, 0.3) is 0 Å². The summed E-state index contributed by atoms with van der Waals surface area (Å²) < 4.78 is 16.6. The van der Waals surface area contributed by atoms with E-state index in [1.165, 1.54) is 11.8 Å². The fraction of sp³-hybridized carbons (Fsp3) is 0.778. The van der Waals surface area contributed by atoms with E-state index in [4.69, 9.17) is 25.5 Å². The fourth-order valence-corrected chi connectivity index (χ4v) is 4.43. The minimum atomic E-state index is -2.52. The Morgan fingerprint density at radius 1 is 1.35 bits per heavy atom. The van der Waals surface area contributed by atoms with Crippen LogP contribution in [-0.4, -0.2) is 57.6 Å². The highest BCUT2D eigenvalue weighted by atomic mass is 32.2.